The molecule has 3 aromatic rings. The van der Waals surface area contributed by atoms with E-state index in [9.17, 15) is 9.18 Å². The number of halogens is 1. The Bertz CT molecular complexity index is 966. The van der Waals surface area contributed by atoms with E-state index in [1.807, 2.05) is 18.2 Å². The molecule has 0 saturated carbocycles. The summed E-state index contributed by atoms with van der Waals surface area (Å²) in [5, 5.41) is 2.98. The van der Waals surface area contributed by atoms with Crippen LogP contribution in [0, 0.1) is 5.82 Å². The van der Waals surface area contributed by atoms with Crippen molar-refractivity contribution in [2.45, 2.75) is 39.8 Å². The normalized spacial score (nSPS) is 11.1. The fourth-order valence-corrected chi connectivity index (χ4v) is 3.29. The monoisotopic (exact) mass is 409 g/mol. The molecule has 0 saturated heterocycles. The molecule has 0 unspecified atom stereocenters. The van der Waals surface area contributed by atoms with Gasteiger partial charge >= 0.3 is 0 Å². The predicted octanol–water partition coefficient (Wildman–Crippen LogP) is 4.57. The van der Waals surface area contributed by atoms with Gasteiger partial charge in [-0.2, -0.15) is 0 Å². The molecule has 0 bridgehead atoms. The third kappa shape index (κ3) is 5.76. The molecule has 1 aromatic heterocycles. The smallest absolute Gasteiger partial charge is 0.220 e. The van der Waals surface area contributed by atoms with Gasteiger partial charge in [0.05, 0.1) is 11.8 Å². The molecule has 0 aliphatic carbocycles. The topological polar surface area (TPSA) is 58.4 Å². The van der Waals surface area contributed by atoms with Crippen molar-refractivity contribution >= 4 is 5.91 Å². The molecule has 0 atom stereocenters. The average Bonchev–Trinajstić information content (AvgIpc) is 3.24. The summed E-state index contributed by atoms with van der Waals surface area (Å²) in [4.78, 5) is 18.8. The Morgan fingerprint density at radius 2 is 1.77 bits per heavy atom. The zero-order chi connectivity index (χ0) is 21.3. The van der Waals surface area contributed by atoms with E-state index in [1.54, 1.807) is 18.2 Å². The van der Waals surface area contributed by atoms with E-state index in [0.29, 0.717) is 30.2 Å². The first-order valence-electron chi connectivity index (χ1n) is 10.4. The molecule has 1 N–H and O–H groups in total. The Kier molecular flexibility index (Phi) is 7.74. The third-order valence-electron chi connectivity index (χ3n) is 5.14. The molecule has 0 spiro atoms. The lowest BCUT2D eigenvalue weighted by molar-refractivity contribution is -0.121. The number of rotatable bonds is 10. The van der Waals surface area contributed by atoms with E-state index in [-0.39, 0.29) is 18.1 Å². The number of carbonyl (C=O) groups is 1. The fourth-order valence-electron chi connectivity index (χ4n) is 3.29. The highest BCUT2D eigenvalue weighted by Crippen LogP contribution is 2.23. The first kappa shape index (κ1) is 21.7. The standard InChI is InChI=1S/C24H28FN3O2/c1-3-28(4-2)17-19-10-6-5-9-18(19)15-26-23(29)13-14-24-27-16-22(30-24)20-11-7-8-12-21(20)25/h5-12,16H,3-4,13-15,17H2,1-2H3,(H,26,29). The molecule has 1 amide bonds. The van der Waals surface area contributed by atoms with Crippen molar-refractivity contribution in [3.8, 4) is 11.3 Å². The quantitative estimate of drug-likeness (QED) is 0.533. The minimum absolute atomic E-state index is 0.0710. The van der Waals surface area contributed by atoms with Gasteiger partial charge in [-0.15, -0.1) is 0 Å². The van der Waals surface area contributed by atoms with Gasteiger partial charge in [0.15, 0.2) is 11.7 Å². The Balaban J connectivity index is 1.52. The first-order chi connectivity index (χ1) is 14.6. The second-order valence-corrected chi connectivity index (χ2v) is 7.10. The second kappa shape index (κ2) is 10.7. The minimum Gasteiger partial charge on any atom is -0.441 e. The van der Waals surface area contributed by atoms with Crippen LogP contribution in [0.25, 0.3) is 11.3 Å². The van der Waals surface area contributed by atoms with Gasteiger partial charge in [0, 0.05) is 25.9 Å². The second-order valence-electron chi connectivity index (χ2n) is 7.10. The van der Waals surface area contributed by atoms with Gasteiger partial charge in [0.2, 0.25) is 5.91 Å². The fraction of sp³-hybridized carbons (Fsp3) is 0.333. The lowest BCUT2D eigenvalue weighted by Crippen LogP contribution is -2.26. The van der Waals surface area contributed by atoms with Crippen LogP contribution in [0.4, 0.5) is 4.39 Å². The van der Waals surface area contributed by atoms with Crippen LogP contribution in [-0.4, -0.2) is 28.9 Å². The molecule has 5 nitrogen and oxygen atoms in total. The van der Waals surface area contributed by atoms with Crippen molar-refractivity contribution in [2.75, 3.05) is 13.1 Å². The maximum absolute atomic E-state index is 13.9. The van der Waals surface area contributed by atoms with Crippen molar-refractivity contribution < 1.29 is 13.6 Å². The molecule has 0 radical (unpaired) electrons. The number of aromatic nitrogens is 1. The van der Waals surface area contributed by atoms with Crippen molar-refractivity contribution in [2.24, 2.45) is 0 Å². The van der Waals surface area contributed by atoms with Crippen LogP contribution >= 0.6 is 0 Å². The van der Waals surface area contributed by atoms with Gasteiger partial charge in [0.1, 0.15) is 5.82 Å². The van der Waals surface area contributed by atoms with Gasteiger partial charge in [-0.25, -0.2) is 9.37 Å². The van der Waals surface area contributed by atoms with Crippen molar-refractivity contribution in [3.05, 3.63) is 77.6 Å². The Morgan fingerprint density at radius 1 is 1.07 bits per heavy atom. The third-order valence-corrected chi connectivity index (χ3v) is 5.14. The van der Waals surface area contributed by atoms with Gasteiger partial charge < -0.3 is 9.73 Å². The van der Waals surface area contributed by atoms with E-state index in [0.717, 1.165) is 25.2 Å². The number of aryl methyl sites for hydroxylation is 1. The zero-order valence-electron chi connectivity index (χ0n) is 17.5. The molecule has 0 aliphatic heterocycles. The molecule has 3 rings (SSSR count). The van der Waals surface area contributed by atoms with Crippen molar-refractivity contribution in [3.63, 3.8) is 0 Å². The predicted molar refractivity (Wildman–Crippen MR) is 115 cm³/mol. The molecule has 30 heavy (non-hydrogen) atoms. The van der Waals surface area contributed by atoms with Crippen LogP contribution in [0.1, 0.15) is 37.3 Å². The molecule has 6 heteroatoms. The molecule has 1 heterocycles. The SMILES string of the molecule is CCN(CC)Cc1ccccc1CNC(=O)CCc1ncc(-c2ccccc2F)o1. The number of amides is 1. The maximum Gasteiger partial charge on any atom is 0.220 e. The number of carbonyl (C=O) groups excluding carboxylic acids is 1. The largest absolute Gasteiger partial charge is 0.441 e. The highest BCUT2D eigenvalue weighted by Gasteiger charge is 2.12. The van der Waals surface area contributed by atoms with Crippen LogP contribution in [0.2, 0.25) is 0 Å². The number of benzene rings is 2. The highest BCUT2D eigenvalue weighted by molar-refractivity contribution is 5.76. The van der Waals surface area contributed by atoms with Gasteiger partial charge in [-0.1, -0.05) is 50.2 Å². The van der Waals surface area contributed by atoms with Gasteiger partial charge in [0.25, 0.3) is 0 Å². The summed E-state index contributed by atoms with van der Waals surface area (Å²) >= 11 is 0. The van der Waals surface area contributed by atoms with Crippen LogP contribution in [0.5, 0.6) is 0 Å². The van der Waals surface area contributed by atoms with E-state index in [1.165, 1.54) is 17.8 Å². The molecule has 0 fully saturated rings. The van der Waals surface area contributed by atoms with E-state index < -0.39 is 0 Å². The Labute approximate surface area is 176 Å². The van der Waals surface area contributed by atoms with Crippen LogP contribution in [-0.2, 0) is 24.3 Å². The maximum atomic E-state index is 13.9. The molecule has 0 aliphatic rings. The minimum atomic E-state index is -0.360. The Hall–Kier alpha value is -2.99. The van der Waals surface area contributed by atoms with Crippen LogP contribution in [0.3, 0.4) is 0 Å². The van der Waals surface area contributed by atoms with Gasteiger partial charge in [-0.3, -0.25) is 9.69 Å². The van der Waals surface area contributed by atoms with Crippen molar-refractivity contribution in [1.29, 1.82) is 0 Å². The summed E-state index contributed by atoms with van der Waals surface area (Å²) in [6, 6.07) is 14.6. The van der Waals surface area contributed by atoms with Crippen LogP contribution in [0.15, 0.2) is 59.1 Å². The zero-order valence-corrected chi connectivity index (χ0v) is 17.5. The lowest BCUT2D eigenvalue weighted by atomic mass is 10.1. The molecule has 158 valence electrons. The average molecular weight is 410 g/mol. The van der Waals surface area contributed by atoms with Gasteiger partial charge in [-0.05, 0) is 36.3 Å². The summed E-state index contributed by atoms with van der Waals surface area (Å²) in [6.07, 6.45) is 2.12. The molecule has 2 aromatic carbocycles. The van der Waals surface area contributed by atoms with Crippen molar-refractivity contribution in [1.82, 2.24) is 15.2 Å². The number of oxazole rings is 1. The number of hydrogen-bond acceptors (Lipinski definition) is 4. The number of nitrogens with one attached hydrogen (secondary N) is 1. The summed E-state index contributed by atoms with van der Waals surface area (Å²) in [5.74, 6) is 0.360. The molecular formula is C24H28FN3O2. The summed E-state index contributed by atoms with van der Waals surface area (Å²) < 4.78 is 19.5. The van der Waals surface area contributed by atoms with E-state index >= 15 is 0 Å². The number of nitrogens with zero attached hydrogens (tertiary/aromatic N) is 2. The van der Waals surface area contributed by atoms with Crippen LogP contribution < -0.4 is 5.32 Å². The highest BCUT2D eigenvalue weighted by atomic mass is 19.1. The lowest BCUT2D eigenvalue weighted by Gasteiger charge is -2.20. The summed E-state index contributed by atoms with van der Waals surface area (Å²) in [6.45, 7) is 7.63. The van der Waals surface area contributed by atoms with E-state index in [4.69, 9.17) is 4.42 Å². The summed E-state index contributed by atoms with van der Waals surface area (Å²) in [5.41, 5.74) is 2.71. The van der Waals surface area contributed by atoms with E-state index in [2.05, 4.69) is 35.1 Å². The summed E-state index contributed by atoms with van der Waals surface area (Å²) in [7, 11) is 0. The molecular weight excluding hydrogens is 381 g/mol. The number of hydrogen-bond donors (Lipinski definition) is 1. The first-order valence-corrected chi connectivity index (χ1v) is 10.4. The Morgan fingerprint density at radius 3 is 2.50 bits per heavy atom.